The Morgan fingerprint density at radius 2 is 2.25 bits per heavy atom. The van der Waals surface area contributed by atoms with E-state index in [-0.39, 0.29) is 13.0 Å². The average Bonchev–Trinajstić information content (AvgIpc) is 3.15. The van der Waals surface area contributed by atoms with Gasteiger partial charge in [-0.2, -0.15) is 5.10 Å². The van der Waals surface area contributed by atoms with E-state index >= 15 is 0 Å². The Labute approximate surface area is 143 Å². The highest BCUT2D eigenvalue weighted by Crippen LogP contribution is 2.22. The summed E-state index contributed by atoms with van der Waals surface area (Å²) < 4.78 is 6.73. The molecular formula is C16H16ClN3O4. The minimum Gasteiger partial charge on any atom is -0.479 e. The van der Waals surface area contributed by atoms with Crippen LogP contribution in [0.3, 0.4) is 0 Å². The predicted octanol–water partition coefficient (Wildman–Crippen LogP) is 1.81. The molecule has 1 unspecified atom stereocenters. The maximum atomic E-state index is 12.5. The zero-order valence-corrected chi connectivity index (χ0v) is 13.7. The van der Waals surface area contributed by atoms with Crippen LogP contribution in [0, 0.1) is 6.92 Å². The number of carbonyl (C=O) groups is 2. The summed E-state index contributed by atoms with van der Waals surface area (Å²) in [5.41, 5.74) is 0.231. The van der Waals surface area contributed by atoms with Crippen molar-refractivity contribution >= 4 is 23.5 Å². The van der Waals surface area contributed by atoms with Crippen LogP contribution in [0.1, 0.15) is 22.5 Å². The molecule has 1 amide bonds. The number of hydrogen-bond donors (Lipinski definition) is 2. The minimum atomic E-state index is -1.39. The van der Waals surface area contributed by atoms with Crippen LogP contribution in [-0.2, 0) is 9.53 Å². The maximum absolute atomic E-state index is 12.5. The van der Waals surface area contributed by atoms with Crippen LogP contribution < -0.4 is 5.32 Å². The van der Waals surface area contributed by atoms with Gasteiger partial charge in [-0.3, -0.25) is 4.79 Å². The molecule has 126 valence electrons. The van der Waals surface area contributed by atoms with E-state index in [4.69, 9.17) is 16.3 Å². The highest BCUT2D eigenvalue weighted by molar-refractivity contribution is 6.30. The molecule has 1 aliphatic heterocycles. The van der Waals surface area contributed by atoms with E-state index in [0.29, 0.717) is 22.9 Å². The summed E-state index contributed by atoms with van der Waals surface area (Å²) in [7, 11) is 0. The van der Waals surface area contributed by atoms with Gasteiger partial charge in [0.25, 0.3) is 5.91 Å². The summed E-state index contributed by atoms with van der Waals surface area (Å²) in [5, 5.41) is 16.8. The number of benzene rings is 1. The van der Waals surface area contributed by atoms with Gasteiger partial charge in [-0.25, -0.2) is 9.48 Å². The first-order chi connectivity index (χ1) is 11.4. The standard InChI is InChI=1S/C16H16ClN3O4/c1-10-13(8-18-20(10)12-4-2-3-11(17)7-12)14(21)19-16(15(22)23)5-6-24-9-16/h2-4,7-8H,5-6,9H2,1H3,(H,19,21)(H,22,23). The van der Waals surface area contributed by atoms with E-state index < -0.39 is 17.4 Å². The quantitative estimate of drug-likeness (QED) is 0.878. The lowest BCUT2D eigenvalue weighted by Crippen LogP contribution is -2.55. The van der Waals surface area contributed by atoms with Gasteiger partial charge in [-0.15, -0.1) is 0 Å². The first kappa shape index (κ1) is 16.5. The van der Waals surface area contributed by atoms with Gasteiger partial charge >= 0.3 is 5.97 Å². The predicted molar refractivity (Wildman–Crippen MR) is 86.6 cm³/mol. The molecular weight excluding hydrogens is 334 g/mol. The summed E-state index contributed by atoms with van der Waals surface area (Å²) in [5.74, 6) is -1.60. The van der Waals surface area contributed by atoms with Crippen LogP contribution in [0.5, 0.6) is 0 Å². The summed E-state index contributed by atoms with van der Waals surface area (Å²) in [4.78, 5) is 24.0. The first-order valence-corrected chi connectivity index (χ1v) is 7.75. The SMILES string of the molecule is Cc1c(C(=O)NC2(C(=O)O)CCOC2)cnn1-c1cccc(Cl)c1. The molecule has 1 fully saturated rings. The third kappa shape index (κ3) is 2.88. The number of rotatable bonds is 4. The van der Waals surface area contributed by atoms with E-state index in [1.165, 1.54) is 6.20 Å². The lowest BCUT2D eigenvalue weighted by molar-refractivity contribution is -0.144. The van der Waals surface area contributed by atoms with E-state index in [2.05, 4.69) is 10.4 Å². The van der Waals surface area contributed by atoms with Crippen molar-refractivity contribution in [2.45, 2.75) is 18.9 Å². The Morgan fingerprint density at radius 1 is 1.46 bits per heavy atom. The maximum Gasteiger partial charge on any atom is 0.331 e. The highest BCUT2D eigenvalue weighted by Gasteiger charge is 2.44. The molecule has 7 nitrogen and oxygen atoms in total. The van der Waals surface area contributed by atoms with Gasteiger partial charge in [0, 0.05) is 18.1 Å². The monoisotopic (exact) mass is 349 g/mol. The Hall–Kier alpha value is -2.38. The topological polar surface area (TPSA) is 93.5 Å². The van der Waals surface area contributed by atoms with Crippen LogP contribution in [0.4, 0.5) is 0 Å². The third-order valence-electron chi connectivity index (χ3n) is 4.09. The molecule has 0 aliphatic carbocycles. The molecule has 1 aromatic carbocycles. The molecule has 0 saturated carbocycles. The van der Waals surface area contributed by atoms with Crippen LogP contribution in [0.15, 0.2) is 30.5 Å². The zero-order chi connectivity index (χ0) is 17.3. The lowest BCUT2D eigenvalue weighted by atomic mass is 9.98. The molecule has 0 spiro atoms. The van der Waals surface area contributed by atoms with Gasteiger partial charge < -0.3 is 15.2 Å². The molecule has 1 saturated heterocycles. The van der Waals surface area contributed by atoms with Crippen LogP contribution in [0.25, 0.3) is 5.69 Å². The summed E-state index contributed by atoms with van der Waals surface area (Å²) >= 11 is 5.98. The van der Waals surface area contributed by atoms with E-state index in [1.54, 1.807) is 29.8 Å². The number of amides is 1. The molecule has 2 aromatic rings. The van der Waals surface area contributed by atoms with Crippen molar-refractivity contribution in [1.82, 2.24) is 15.1 Å². The number of nitrogens with one attached hydrogen (secondary N) is 1. The average molecular weight is 350 g/mol. The number of hydrogen-bond acceptors (Lipinski definition) is 4. The van der Waals surface area contributed by atoms with Crippen LogP contribution >= 0.6 is 11.6 Å². The van der Waals surface area contributed by atoms with Crippen molar-refractivity contribution < 1.29 is 19.4 Å². The molecule has 1 atom stereocenters. The fourth-order valence-corrected chi connectivity index (χ4v) is 2.86. The fourth-order valence-electron chi connectivity index (χ4n) is 2.67. The summed E-state index contributed by atoms with van der Waals surface area (Å²) in [6.45, 7) is 1.99. The molecule has 0 bridgehead atoms. The summed E-state index contributed by atoms with van der Waals surface area (Å²) in [6, 6.07) is 7.08. The van der Waals surface area contributed by atoms with E-state index in [9.17, 15) is 14.7 Å². The smallest absolute Gasteiger partial charge is 0.331 e. The number of ether oxygens (including phenoxy) is 1. The number of nitrogens with zero attached hydrogens (tertiary/aromatic N) is 2. The largest absolute Gasteiger partial charge is 0.479 e. The van der Waals surface area contributed by atoms with Gasteiger partial charge in [-0.1, -0.05) is 17.7 Å². The Bertz CT molecular complexity index is 796. The van der Waals surface area contributed by atoms with Crippen LogP contribution in [-0.4, -0.2) is 45.5 Å². The summed E-state index contributed by atoms with van der Waals surface area (Å²) in [6.07, 6.45) is 1.65. The number of carbonyl (C=O) groups excluding carboxylic acids is 1. The molecule has 2 N–H and O–H groups in total. The van der Waals surface area contributed by atoms with Gasteiger partial charge in [-0.05, 0) is 25.1 Å². The Balaban J connectivity index is 1.88. The molecule has 2 heterocycles. The molecule has 8 heteroatoms. The second kappa shape index (κ2) is 6.26. The minimum absolute atomic E-state index is 0.0461. The Kier molecular flexibility index (Phi) is 4.29. The zero-order valence-electron chi connectivity index (χ0n) is 13.0. The number of halogens is 1. The van der Waals surface area contributed by atoms with E-state index in [1.807, 2.05) is 6.07 Å². The Morgan fingerprint density at radius 3 is 2.88 bits per heavy atom. The number of aliphatic carboxylic acids is 1. The fraction of sp³-hybridized carbons (Fsp3) is 0.312. The first-order valence-electron chi connectivity index (χ1n) is 7.37. The van der Waals surface area contributed by atoms with Gasteiger partial charge in [0.05, 0.1) is 29.7 Å². The highest BCUT2D eigenvalue weighted by atomic mass is 35.5. The van der Waals surface area contributed by atoms with Gasteiger partial charge in [0.15, 0.2) is 5.54 Å². The number of carboxylic acids is 1. The molecule has 24 heavy (non-hydrogen) atoms. The van der Waals surface area contributed by atoms with Crippen molar-refractivity contribution in [3.63, 3.8) is 0 Å². The number of aromatic nitrogens is 2. The second-order valence-electron chi connectivity index (χ2n) is 5.68. The third-order valence-corrected chi connectivity index (χ3v) is 4.33. The van der Waals surface area contributed by atoms with Crippen LogP contribution in [0.2, 0.25) is 5.02 Å². The molecule has 1 aliphatic rings. The van der Waals surface area contributed by atoms with E-state index in [0.717, 1.165) is 5.69 Å². The molecule has 0 radical (unpaired) electrons. The second-order valence-corrected chi connectivity index (χ2v) is 6.12. The lowest BCUT2D eigenvalue weighted by Gasteiger charge is -2.23. The van der Waals surface area contributed by atoms with Crippen molar-refractivity contribution in [1.29, 1.82) is 0 Å². The van der Waals surface area contributed by atoms with Gasteiger partial charge in [0.2, 0.25) is 0 Å². The van der Waals surface area contributed by atoms with Crippen molar-refractivity contribution in [3.8, 4) is 5.69 Å². The van der Waals surface area contributed by atoms with Crippen molar-refractivity contribution in [2.24, 2.45) is 0 Å². The normalized spacial score (nSPS) is 20.1. The molecule has 3 rings (SSSR count). The van der Waals surface area contributed by atoms with Crippen molar-refractivity contribution in [3.05, 3.63) is 46.7 Å². The van der Waals surface area contributed by atoms with Gasteiger partial charge in [0.1, 0.15) is 0 Å². The van der Waals surface area contributed by atoms with Crippen molar-refractivity contribution in [2.75, 3.05) is 13.2 Å². The molecule has 1 aromatic heterocycles. The number of carboxylic acid groups (broad SMARTS) is 1.